The molecular weight excluding hydrogens is 446 g/mol. The van der Waals surface area contributed by atoms with Gasteiger partial charge in [-0.25, -0.2) is 0 Å². The number of Topliss-reactive ketones (excluding diaryl/α,β-unsaturated/α-hetero) is 1. The van der Waals surface area contributed by atoms with Crippen LogP contribution in [0.2, 0.25) is 5.02 Å². The first-order valence-electron chi connectivity index (χ1n) is 10.3. The Kier molecular flexibility index (Phi) is 6.16. The van der Waals surface area contributed by atoms with Crippen molar-refractivity contribution in [3.63, 3.8) is 0 Å². The summed E-state index contributed by atoms with van der Waals surface area (Å²) in [5.74, 6) is -0.287. The van der Waals surface area contributed by atoms with E-state index in [2.05, 4.69) is 0 Å². The summed E-state index contributed by atoms with van der Waals surface area (Å²) < 4.78 is 16.7. The van der Waals surface area contributed by atoms with Gasteiger partial charge in [-0.15, -0.1) is 0 Å². The molecule has 2 aromatic carbocycles. The first-order chi connectivity index (χ1) is 15.8. The fourth-order valence-corrected chi connectivity index (χ4v) is 4.04. The van der Waals surface area contributed by atoms with Crippen molar-refractivity contribution >= 4 is 34.7 Å². The van der Waals surface area contributed by atoms with E-state index in [1.54, 1.807) is 55.5 Å². The second kappa shape index (κ2) is 9.03. The molecule has 0 saturated carbocycles. The van der Waals surface area contributed by atoms with E-state index in [1.165, 1.54) is 18.1 Å². The maximum absolute atomic E-state index is 13.2. The maximum Gasteiger partial charge on any atom is 0.300 e. The van der Waals surface area contributed by atoms with Gasteiger partial charge in [-0.1, -0.05) is 17.7 Å². The Hall–Kier alpha value is -3.71. The van der Waals surface area contributed by atoms with Crippen LogP contribution in [0.25, 0.3) is 5.76 Å². The Morgan fingerprint density at radius 1 is 1.15 bits per heavy atom. The van der Waals surface area contributed by atoms with Crippen molar-refractivity contribution in [2.75, 3.05) is 18.6 Å². The van der Waals surface area contributed by atoms with E-state index in [0.29, 0.717) is 40.3 Å². The van der Waals surface area contributed by atoms with E-state index in [4.69, 9.17) is 25.5 Å². The molecule has 1 aliphatic rings. The van der Waals surface area contributed by atoms with Crippen LogP contribution >= 0.6 is 11.6 Å². The number of aryl methyl sites for hydroxylation is 1. The summed E-state index contributed by atoms with van der Waals surface area (Å²) in [4.78, 5) is 27.8. The second-order valence-electron chi connectivity index (χ2n) is 7.39. The smallest absolute Gasteiger partial charge is 0.300 e. The van der Waals surface area contributed by atoms with Gasteiger partial charge in [0.05, 0.1) is 24.9 Å². The molecule has 1 fully saturated rings. The van der Waals surface area contributed by atoms with Crippen LogP contribution in [0.15, 0.2) is 64.6 Å². The van der Waals surface area contributed by atoms with Crippen LogP contribution in [0.3, 0.4) is 0 Å². The third kappa shape index (κ3) is 4.07. The molecule has 3 aromatic rings. The van der Waals surface area contributed by atoms with Gasteiger partial charge in [0.15, 0.2) is 0 Å². The number of hydrogen-bond donors (Lipinski definition) is 1. The molecule has 8 heteroatoms. The van der Waals surface area contributed by atoms with Gasteiger partial charge in [-0.3, -0.25) is 14.5 Å². The van der Waals surface area contributed by atoms with Gasteiger partial charge in [0, 0.05) is 16.8 Å². The summed E-state index contributed by atoms with van der Waals surface area (Å²) in [7, 11) is 1.44. The summed E-state index contributed by atoms with van der Waals surface area (Å²) in [6.45, 7) is 4.05. The number of carbonyl (C=O) groups excluding carboxylic acids is 2. The van der Waals surface area contributed by atoms with Crippen LogP contribution in [0, 0.1) is 6.92 Å². The van der Waals surface area contributed by atoms with Crippen LogP contribution in [0.5, 0.6) is 11.5 Å². The largest absolute Gasteiger partial charge is 0.507 e. The number of rotatable bonds is 6. The molecule has 1 N–H and O–H groups in total. The van der Waals surface area contributed by atoms with Crippen molar-refractivity contribution in [2.24, 2.45) is 0 Å². The minimum Gasteiger partial charge on any atom is -0.507 e. The van der Waals surface area contributed by atoms with Gasteiger partial charge in [-0.2, -0.15) is 0 Å². The molecule has 1 unspecified atom stereocenters. The van der Waals surface area contributed by atoms with E-state index in [0.717, 1.165) is 0 Å². The Morgan fingerprint density at radius 3 is 2.61 bits per heavy atom. The van der Waals surface area contributed by atoms with Gasteiger partial charge in [0.2, 0.25) is 0 Å². The van der Waals surface area contributed by atoms with Crippen LogP contribution in [-0.4, -0.2) is 30.5 Å². The summed E-state index contributed by atoms with van der Waals surface area (Å²) in [6, 6.07) is 13.9. The number of aliphatic hydroxyl groups excluding tert-OH is 1. The molecule has 2 heterocycles. The fraction of sp³-hybridized carbons (Fsp3) is 0.200. The molecule has 0 spiro atoms. The zero-order valence-corrected chi connectivity index (χ0v) is 19.1. The topological polar surface area (TPSA) is 89.2 Å². The highest BCUT2D eigenvalue weighted by molar-refractivity contribution is 6.51. The van der Waals surface area contributed by atoms with Crippen molar-refractivity contribution < 1.29 is 28.6 Å². The van der Waals surface area contributed by atoms with Gasteiger partial charge in [0.25, 0.3) is 11.7 Å². The van der Waals surface area contributed by atoms with Crippen LogP contribution < -0.4 is 14.4 Å². The highest BCUT2D eigenvalue weighted by Gasteiger charge is 2.48. The quantitative estimate of drug-likeness (QED) is 0.301. The predicted octanol–water partition coefficient (Wildman–Crippen LogP) is 5.28. The molecule has 170 valence electrons. The number of methoxy groups -OCH3 is 1. The summed E-state index contributed by atoms with van der Waals surface area (Å²) in [5.41, 5.74) is 0.496. The number of carbonyl (C=O) groups is 2. The molecule has 33 heavy (non-hydrogen) atoms. The molecule has 1 aliphatic heterocycles. The average molecular weight is 468 g/mol. The van der Waals surface area contributed by atoms with Gasteiger partial charge < -0.3 is 19.0 Å². The standard InChI is InChI=1S/C25H22ClNO6/c1-4-32-17-7-5-6-16(13-17)27-22(20-10-8-14(2)33-20)21(24(29)25(27)30)23(28)18-12-15(26)9-11-19(18)31-3/h5-13,22,28H,4H2,1-3H3/b23-21-. The van der Waals surface area contributed by atoms with Gasteiger partial charge in [-0.05, 0) is 56.3 Å². The number of hydrogen-bond acceptors (Lipinski definition) is 6. The molecule has 0 aliphatic carbocycles. The molecule has 4 rings (SSSR count). The fourth-order valence-electron chi connectivity index (χ4n) is 3.87. The van der Waals surface area contributed by atoms with E-state index < -0.39 is 23.5 Å². The average Bonchev–Trinajstić information content (AvgIpc) is 3.34. The lowest BCUT2D eigenvalue weighted by atomic mass is 9.98. The Labute approximate surface area is 195 Å². The zero-order valence-electron chi connectivity index (χ0n) is 18.3. The summed E-state index contributed by atoms with van der Waals surface area (Å²) in [6.07, 6.45) is 0. The molecule has 0 bridgehead atoms. The highest BCUT2D eigenvalue weighted by Crippen LogP contribution is 2.44. The van der Waals surface area contributed by atoms with Gasteiger partial charge >= 0.3 is 0 Å². The third-order valence-electron chi connectivity index (χ3n) is 5.30. The van der Waals surface area contributed by atoms with Crippen LogP contribution in [0.1, 0.15) is 30.0 Å². The number of anilines is 1. The minimum atomic E-state index is -1.00. The van der Waals surface area contributed by atoms with Crippen molar-refractivity contribution in [3.8, 4) is 11.5 Å². The molecule has 1 saturated heterocycles. The lowest BCUT2D eigenvalue weighted by Gasteiger charge is -2.24. The van der Waals surface area contributed by atoms with Crippen molar-refractivity contribution in [3.05, 3.63) is 82.3 Å². The monoisotopic (exact) mass is 467 g/mol. The zero-order chi connectivity index (χ0) is 23.7. The first kappa shape index (κ1) is 22.5. The lowest BCUT2D eigenvalue weighted by Crippen LogP contribution is -2.29. The number of furan rings is 1. The first-order valence-corrected chi connectivity index (χ1v) is 10.7. The SMILES string of the molecule is CCOc1cccc(N2C(=O)C(=O)/C(=C(\O)c3cc(Cl)ccc3OC)C2c2ccc(C)o2)c1. The van der Waals surface area contributed by atoms with Crippen molar-refractivity contribution in [2.45, 2.75) is 19.9 Å². The summed E-state index contributed by atoms with van der Waals surface area (Å²) >= 11 is 6.13. The number of ether oxygens (including phenoxy) is 2. The van der Waals surface area contributed by atoms with Gasteiger partial charge in [0.1, 0.15) is 34.8 Å². The summed E-state index contributed by atoms with van der Waals surface area (Å²) in [5, 5.41) is 11.6. The lowest BCUT2D eigenvalue weighted by molar-refractivity contribution is -0.132. The maximum atomic E-state index is 13.2. The number of benzene rings is 2. The molecule has 1 aromatic heterocycles. The predicted molar refractivity (Wildman–Crippen MR) is 124 cm³/mol. The molecule has 1 atom stereocenters. The molecule has 0 radical (unpaired) electrons. The van der Waals surface area contributed by atoms with Crippen molar-refractivity contribution in [1.29, 1.82) is 0 Å². The van der Waals surface area contributed by atoms with Crippen LogP contribution in [0.4, 0.5) is 5.69 Å². The highest BCUT2D eigenvalue weighted by atomic mass is 35.5. The Bertz CT molecular complexity index is 1260. The van der Waals surface area contributed by atoms with E-state index in [-0.39, 0.29) is 11.1 Å². The normalized spacial score (nSPS) is 17.5. The number of ketones is 1. The number of halogens is 1. The number of nitrogens with zero attached hydrogens (tertiary/aromatic N) is 1. The van der Waals surface area contributed by atoms with E-state index in [9.17, 15) is 14.7 Å². The minimum absolute atomic E-state index is 0.128. The van der Waals surface area contributed by atoms with Crippen molar-refractivity contribution in [1.82, 2.24) is 0 Å². The third-order valence-corrected chi connectivity index (χ3v) is 5.53. The molecule has 7 nitrogen and oxygen atoms in total. The van der Waals surface area contributed by atoms with Crippen LogP contribution in [-0.2, 0) is 9.59 Å². The number of aliphatic hydroxyl groups is 1. The molecular formula is C25H22ClNO6. The molecule has 1 amide bonds. The second-order valence-corrected chi connectivity index (χ2v) is 7.83. The Morgan fingerprint density at radius 2 is 1.94 bits per heavy atom. The number of amides is 1. The van der Waals surface area contributed by atoms with E-state index >= 15 is 0 Å². The Balaban J connectivity index is 1.95. The van der Waals surface area contributed by atoms with E-state index in [1.807, 2.05) is 6.92 Å².